The molecule has 116 valence electrons. The Kier molecular flexibility index (Phi) is 4.27. The Morgan fingerprint density at radius 3 is 2.76 bits per heavy atom. The molecule has 1 saturated heterocycles. The summed E-state index contributed by atoms with van der Waals surface area (Å²) in [6.45, 7) is 4.66. The van der Waals surface area contributed by atoms with Gasteiger partial charge in [0.1, 0.15) is 0 Å². The summed E-state index contributed by atoms with van der Waals surface area (Å²) in [5.41, 5.74) is 0.879. The van der Waals surface area contributed by atoms with E-state index in [9.17, 15) is 8.78 Å². The molecule has 2 aliphatic rings. The zero-order valence-electron chi connectivity index (χ0n) is 12.5. The number of nitrogens with one attached hydrogen (secondary N) is 1. The van der Waals surface area contributed by atoms with Crippen molar-refractivity contribution >= 4 is 0 Å². The number of hydrogen-bond donors (Lipinski definition) is 1. The summed E-state index contributed by atoms with van der Waals surface area (Å²) in [4.78, 5) is 0. The van der Waals surface area contributed by atoms with Crippen LogP contribution in [0.3, 0.4) is 0 Å². The lowest BCUT2D eigenvalue weighted by molar-refractivity contribution is 0.0308. The van der Waals surface area contributed by atoms with Crippen LogP contribution in [-0.4, -0.2) is 25.8 Å². The SMILES string of the molecule is CCNCC1(Cc2ccc(F)c(F)c2)CCOC1C1CC1. The Hall–Kier alpha value is -1.00. The van der Waals surface area contributed by atoms with Gasteiger partial charge in [-0.1, -0.05) is 13.0 Å². The van der Waals surface area contributed by atoms with Crippen LogP contribution in [0.15, 0.2) is 18.2 Å². The van der Waals surface area contributed by atoms with Gasteiger partial charge >= 0.3 is 0 Å². The maximum Gasteiger partial charge on any atom is 0.159 e. The molecule has 2 unspecified atom stereocenters. The molecule has 3 rings (SSSR count). The van der Waals surface area contributed by atoms with Crippen molar-refractivity contribution < 1.29 is 13.5 Å². The molecule has 1 aliphatic heterocycles. The first-order chi connectivity index (χ1) is 10.1. The minimum atomic E-state index is -0.777. The fourth-order valence-electron chi connectivity index (χ4n) is 3.61. The van der Waals surface area contributed by atoms with E-state index in [0.717, 1.165) is 38.1 Å². The summed E-state index contributed by atoms with van der Waals surface area (Å²) in [7, 11) is 0. The Balaban J connectivity index is 1.82. The van der Waals surface area contributed by atoms with Crippen LogP contribution in [0, 0.1) is 23.0 Å². The van der Waals surface area contributed by atoms with Crippen LogP contribution in [-0.2, 0) is 11.2 Å². The van der Waals surface area contributed by atoms with Crippen molar-refractivity contribution in [2.75, 3.05) is 19.7 Å². The van der Waals surface area contributed by atoms with Gasteiger partial charge in [0.2, 0.25) is 0 Å². The van der Waals surface area contributed by atoms with Crippen molar-refractivity contribution in [1.82, 2.24) is 5.32 Å². The van der Waals surface area contributed by atoms with E-state index in [-0.39, 0.29) is 11.5 Å². The van der Waals surface area contributed by atoms with Crippen LogP contribution in [0.5, 0.6) is 0 Å². The first-order valence-corrected chi connectivity index (χ1v) is 7.91. The Labute approximate surface area is 124 Å². The molecular formula is C17H23F2NO. The summed E-state index contributed by atoms with van der Waals surface area (Å²) >= 11 is 0. The molecule has 0 radical (unpaired) electrons. The van der Waals surface area contributed by atoms with Gasteiger partial charge in [0.15, 0.2) is 11.6 Å². The lowest BCUT2D eigenvalue weighted by atomic mass is 9.74. The Bertz CT molecular complexity index is 504. The lowest BCUT2D eigenvalue weighted by Gasteiger charge is -2.35. The lowest BCUT2D eigenvalue weighted by Crippen LogP contribution is -2.43. The first-order valence-electron chi connectivity index (χ1n) is 7.91. The van der Waals surface area contributed by atoms with Crippen molar-refractivity contribution in [2.24, 2.45) is 11.3 Å². The highest BCUT2D eigenvalue weighted by Gasteiger charge is 2.50. The van der Waals surface area contributed by atoms with Gasteiger partial charge in [-0.25, -0.2) is 8.78 Å². The predicted molar refractivity (Wildman–Crippen MR) is 78.1 cm³/mol. The van der Waals surface area contributed by atoms with Crippen LogP contribution in [0.4, 0.5) is 8.78 Å². The first kappa shape index (κ1) is 14.9. The minimum Gasteiger partial charge on any atom is -0.377 e. The highest BCUT2D eigenvalue weighted by atomic mass is 19.2. The predicted octanol–water partition coefficient (Wildman–Crippen LogP) is 3.30. The van der Waals surface area contributed by atoms with Gasteiger partial charge in [-0.3, -0.25) is 0 Å². The van der Waals surface area contributed by atoms with Gasteiger partial charge in [-0.15, -0.1) is 0 Å². The molecule has 0 spiro atoms. The Morgan fingerprint density at radius 2 is 2.10 bits per heavy atom. The Morgan fingerprint density at radius 1 is 1.29 bits per heavy atom. The summed E-state index contributed by atoms with van der Waals surface area (Å²) < 4.78 is 32.6. The van der Waals surface area contributed by atoms with Crippen LogP contribution >= 0.6 is 0 Å². The zero-order valence-corrected chi connectivity index (χ0v) is 12.5. The van der Waals surface area contributed by atoms with Crippen molar-refractivity contribution in [1.29, 1.82) is 0 Å². The average Bonchev–Trinajstić information content (AvgIpc) is 3.23. The summed E-state index contributed by atoms with van der Waals surface area (Å²) in [5.74, 6) is -0.884. The van der Waals surface area contributed by atoms with Gasteiger partial charge in [0, 0.05) is 18.6 Å². The fourth-order valence-corrected chi connectivity index (χ4v) is 3.61. The monoisotopic (exact) mass is 295 g/mol. The second kappa shape index (κ2) is 6.01. The number of rotatable bonds is 6. The number of halogens is 2. The van der Waals surface area contributed by atoms with E-state index >= 15 is 0 Å². The normalized spacial score (nSPS) is 29.0. The van der Waals surface area contributed by atoms with E-state index in [4.69, 9.17) is 4.74 Å². The standard InChI is InChI=1S/C17H23F2NO/c1-2-20-11-17(7-8-21-16(17)13-4-5-13)10-12-3-6-14(18)15(19)9-12/h3,6,9,13,16,20H,2,4-5,7-8,10-11H2,1H3. The summed E-state index contributed by atoms with van der Waals surface area (Å²) in [6.07, 6.45) is 4.45. The van der Waals surface area contributed by atoms with Crippen molar-refractivity contribution in [3.63, 3.8) is 0 Å². The molecule has 21 heavy (non-hydrogen) atoms. The molecule has 0 aromatic heterocycles. The smallest absolute Gasteiger partial charge is 0.159 e. The van der Waals surface area contributed by atoms with Gasteiger partial charge in [0.05, 0.1) is 6.10 Å². The van der Waals surface area contributed by atoms with E-state index in [1.54, 1.807) is 6.07 Å². The molecular weight excluding hydrogens is 272 g/mol. The van der Waals surface area contributed by atoms with E-state index in [1.165, 1.54) is 25.0 Å². The highest BCUT2D eigenvalue weighted by molar-refractivity contribution is 5.21. The molecule has 1 aromatic rings. The topological polar surface area (TPSA) is 21.3 Å². The van der Waals surface area contributed by atoms with Crippen LogP contribution in [0.2, 0.25) is 0 Å². The van der Waals surface area contributed by atoms with E-state index < -0.39 is 11.6 Å². The molecule has 1 heterocycles. The van der Waals surface area contributed by atoms with Crippen molar-refractivity contribution in [3.05, 3.63) is 35.4 Å². The summed E-state index contributed by atoms with van der Waals surface area (Å²) in [6, 6.07) is 4.27. The summed E-state index contributed by atoms with van der Waals surface area (Å²) in [5, 5.41) is 3.44. The molecule has 2 fully saturated rings. The van der Waals surface area contributed by atoms with Crippen LogP contribution in [0.25, 0.3) is 0 Å². The van der Waals surface area contributed by atoms with Gasteiger partial charge < -0.3 is 10.1 Å². The van der Waals surface area contributed by atoms with Crippen LogP contribution in [0.1, 0.15) is 31.7 Å². The molecule has 2 atom stereocenters. The maximum atomic E-state index is 13.5. The van der Waals surface area contributed by atoms with E-state index in [1.807, 2.05) is 0 Å². The minimum absolute atomic E-state index is 0.0153. The molecule has 1 aliphatic carbocycles. The molecule has 0 bridgehead atoms. The van der Waals surface area contributed by atoms with Crippen molar-refractivity contribution in [2.45, 2.75) is 38.7 Å². The molecule has 4 heteroatoms. The maximum absolute atomic E-state index is 13.5. The quantitative estimate of drug-likeness (QED) is 0.869. The second-order valence-electron chi connectivity index (χ2n) is 6.45. The zero-order chi connectivity index (χ0) is 14.9. The molecule has 1 aromatic carbocycles. The third-order valence-electron chi connectivity index (χ3n) is 4.82. The van der Waals surface area contributed by atoms with Crippen LogP contribution < -0.4 is 5.32 Å². The van der Waals surface area contributed by atoms with E-state index in [0.29, 0.717) is 5.92 Å². The van der Waals surface area contributed by atoms with Gasteiger partial charge in [-0.05, 0) is 55.8 Å². The number of ether oxygens (including phenoxy) is 1. The third kappa shape index (κ3) is 3.11. The molecule has 1 saturated carbocycles. The fraction of sp³-hybridized carbons (Fsp3) is 0.647. The number of hydrogen-bond acceptors (Lipinski definition) is 2. The average molecular weight is 295 g/mol. The van der Waals surface area contributed by atoms with Crippen molar-refractivity contribution in [3.8, 4) is 0 Å². The number of benzene rings is 1. The highest BCUT2D eigenvalue weighted by Crippen LogP contribution is 2.49. The largest absolute Gasteiger partial charge is 0.377 e. The molecule has 1 N–H and O–H groups in total. The second-order valence-corrected chi connectivity index (χ2v) is 6.45. The molecule has 0 amide bonds. The molecule has 2 nitrogen and oxygen atoms in total. The van der Waals surface area contributed by atoms with Gasteiger partial charge in [0.25, 0.3) is 0 Å². The van der Waals surface area contributed by atoms with E-state index in [2.05, 4.69) is 12.2 Å². The third-order valence-corrected chi connectivity index (χ3v) is 4.82. The van der Waals surface area contributed by atoms with Gasteiger partial charge in [-0.2, -0.15) is 0 Å².